The molecule has 0 spiro atoms. The molecule has 94 valence electrons. The molecule has 16 heavy (non-hydrogen) atoms. The van der Waals surface area contributed by atoms with Gasteiger partial charge >= 0.3 is 0 Å². The molecule has 0 aromatic carbocycles. The lowest BCUT2D eigenvalue weighted by molar-refractivity contribution is 0.0517. The van der Waals surface area contributed by atoms with E-state index in [2.05, 4.69) is 5.43 Å². The van der Waals surface area contributed by atoms with Gasteiger partial charge in [-0.1, -0.05) is 25.7 Å². The van der Waals surface area contributed by atoms with Gasteiger partial charge in [-0.05, 0) is 37.5 Å². The van der Waals surface area contributed by atoms with Gasteiger partial charge in [-0.2, -0.15) is 0 Å². The summed E-state index contributed by atoms with van der Waals surface area (Å²) in [5.41, 5.74) is 3.04. The molecule has 1 unspecified atom stereocenters. The summed E-state index contributed by atoms with van der Waals surface area (Å²) in [4.78, 5) is 0. The maximum absolute atomic E-state index is 5.70. The normalized spacial score (nSPS) is 26.1. The van der Waals surface area contributed by atoms with E-state index >= 15 is 0 Å². The van der Waals surface area contributed by atoms with Crippen molar-refractivity contribution < 1.29 is 4.74 Å². The van der Waals surface area contributed by atoms with Crippen LogP contribution in [-0.2, 0) is 4.74 Å². The number of rotatable bonds is 5. The predicted molar refractivity (Wildman–Crippen MR) is 65.8 cm³/mol. The first-order valence-electron chi connectivity index (χ1n) is 6.94. The molecular weight excluding hydrogens is 200 g/mol. The lowest BCUT2D eigenvalue weighted by Gasteiger charge is -2.30. The molecule has 2 fully saturated rings. The first kappa shape index (κ1) is 12.3. The highest BCUT2D eigenvalue weighted by atomic mass is 16.5. The number of ether oxygens (including phenoxy) is 1. The highest BCUT2D eigenvalue weighted by Crippen LogP contribution is 2.30. The Morgan fingerprint density at radius 2 is 1.81 bits per heavy atom. The number of hydrazine groups is 1. The number of nitrogens with one attached hydrogen (secondary N) is 1. The third-order valence-corrected chi connectivity index (χ3v) is 4.41. The molecule has 0 aromatic rings. The Morgan fingerprint density at radius 3 is 2.44 bits per heavy atom. The van der Waals surface area contributed by atoms with Crippen molar-refractivity contribution >= 4 is 0 Å². The summed E-state index contributed by atoms with van der Waals surface area (Å²) in [6.45, 7) is 1.85. The topological polar surface area (TPSA) is 47.3 Å². The summed E-state index contributed by atoms with van der Waals surface area (Å²) in [5.74, 6) is 7.42. The third kappa shape index (κ3) is 3.44. The summed E-state index contributed by atoms with van der Waals surface area (Å²) in [6, 6.07) is 0.518. The van der Waals surface area contributed by atoms with Crippen LogP contribution in [0.2, 0.25) is 0 Å². The van der Waals surface area contributed by atoms with Crippen LogP contribution in [-0.4, -0.2) is 19.3 Å². The first-order chi connectivity index (χ1) is 7.90. The molecule has 1 aliphatic carbocycles. The summed E-state index contributed by atoms with van der Waals surface area (Å²) in [7, 11) is 0. The van der Waals surface area contributed by atoms with E-state index < -0.39 is 0 Å². The number of hydrogen-bond acceptors (Lipinski definition) is 3. The van der Waals surface area contributed by atoms with Crippen LogP contribution < -0.4 is 11.3 Å². The monoisotopic (exact) mass is 226 g/mol. The maximum atomic E-state index is 5.70. The lowest BCUT2D eigenvalue weighted by Crippen LogP contribution is -2.43. The molecule has 2 rings (SSSR count). The fourth-order valence-electron chi connectivity index (χ4n) is 3.29. The lowest BCUT2D eigenvalue weighted by atomic mass is 9.87. The van der Waals surface area contributed by atoms with Crippen LogP contribution >= 0.6 is 0 Å². The molecule has 0 aromatic heterocycles. The van der Waals surface area contributed by atoms with E-state index in [1.807, 2.05) is 0 Å². The minimum Gasteiger partial charge on any atom is -0.381 e. The van der Waals surface area contributed by atoms with E-state index in [-0.39, 0.29) is 0 Å². The van der Waals surface area contributed by atoms with Crippen molar-refractivity contribution in [1.29, 1.82) is 0 Å². The molecule has 1 atom stereocenters. The fourth-order valence-corrected chi connectivity index (χ4v) is 3.29. The smallest absolute Gasteiger partial charge is 0.0469 e. The molecule has 2 aliphatic rings. The van der Waals surface area contributed by atoms with Gasteiger partial charge in [0.1, 0.15) is 0 Å². The number of nitrogens with two attached hydrogens (primary N) is 1. The van der Waals surface area contributed by atoms with Crippen molar-refractivity contribution in [3.63, 3.8) is 0 Å². The summed E-state index contributed by atoms with van der Waals surface area (Å²) in [6.07, 6.45) is 10.8. The third-order valence-electron chi connectivity index (χ3n) is 4.41. The van der Waals surface area contributed by atoms with Gasteiger partial charge in [0, 0.05) is 19.3 Å². The minimum absolute atomic E-state index is 0.518. The van der Waals surface area contributed by atoms with Gasteiger partial charge in [-0.15, -0.1) is 0 Å². The van der Waals surface area contributed by atoms with E-state index in [9.17, 15) is 0 Å². The molecule has 1 heterocycles. The van der Waals surface area contributed by atoms with Crippen LogP contribution in [0.3, 0.4) is 0 Å². The highest BCUT2D eigenvalue weighted by Gasteiger charge is 2.24. The average Bonchev–Trinajstić information content (AvgIpc) is 2.84. The summed E-state index contributed by atoms with van der Waals surface area (Å²) in [5, 5.41) is 0. The maximum Gasteiger partial charge on any atom is 0.0469 e. The Labute approximate surface area is 99.1 Å². The van der Waals surface area contributed by atoms with Crippen molar-refractivity contribution in [2.24, 2.45) is 17.7 Å². The zero-order valence-corrected chi connectivity index (χ0v) is 10.3. The Kier molecular flexibility index (Phi) is 5.07. The van der Waals surface area contributed by atoms with E-state index in [0.717, 1.165) is 25.0 Å². The second-order valence-electron chi connectivity index (χ2n) is 5.45. The van der Waals surface area contributed by atoms with E-state index in [4.69, 9.17) is 10.6 Å². The van der Waals surface area contributed by atoms with Crippen LogP contribution in [0.4, 0.5) is 0 Å². The Balaban J connectivity index is 1.70. The summed E-state index contributed by atoms with van der Waals surface area (Å²) < 4.78 is 5.40. The fraction of sp³-hybridized carbons (Fsp3) is 1.00. The van der Waals surface area contributed by atoms with Gasteiger partial charge in [0.2, 0.25) is 0 Å². The van der Waals surface area contributed by atoms with Crippen LogP contribution in [0.1, 0.15) is 51.4 Å². The standard InChI is InChI=1S/C13H26N2O/c14-15-13(12-7-9-16-10-8-12)6-5-11-3-1-2-4-11/h11-13,15H,1-10,14H2. The molecule has 3 nitrogen and oxygen atoms in total. The number of hydrogen-bond donors (Lipinski definition) is 2. The van der Waals surface area contributed by atoms with E-state index in [0.29, 0.717) is 6.04 Å². The second-order valence-corrected chi connectivity index (χ2v) is 5.45. The minimum atomic E-state index is 0.518. The Hall–Kier alpha value is -0.120. The first-order valence-corrected chi connectivity index (χ1v) is 6.94. The zero-order chi connectivity index (χ0) is 11.2. The van der Waals surface area contributed by atoms with Gasteiger partial charge in [0.05, 0.1) is 0 Å². The second kappa shape index (κ2) is 6.58. The van der Waals surface area contributed by atoms with Crippen LogP contribution in [0.15, 0.2) is 0 Å². The molecule has 3 N–H and O–H groups in total. The van der Waals surface area contributed by atoms with Crippen molar-refractivity contribution in [2.45, 2.75) is 57.4 Å². The van der Waals surface area contributed by atoms with Crippen LogP contribution in [0, 0.1) is 11.8 Å². The predicted octanol–water partition coefficient (Wildman–Crippen LogP) is 2.22. The quantitative estimate of drug-likeness (QED) is 0.558. The van der Waals surface area contributed by atoms with Crippen LogP contribution in [0.5, 0.6) is 0 Å². The molecule has 1 saturated heterocycles. The molecule has 0 radical (unpaired) electrons. The zero-order valence-electron chi connectivity index (χ0n) is 10.3. The van der Waals surface area contributed by atoms with Crippen molar-refractivity contribution in [3.8, 4) is 0 Å². The Morgan fingerprint density at radius 1 is 1.12 bits per heavy atom. The van der Waals surface area contributed by atoms with Crippen molar-refractivity contribution in [2.75, 3.05) is 13.2 Å². The molecule has 1 aliphatic heterocycles. The van der Waals surface area contributed by atoms with Gasteiger partial charge in [-0.25, -0.2) is 0 Å². The molecule has 3 heteroatoms. The van der Waals surface area contributed by atoms with Gasteiger partial charge in [0.15, 0.2) is 0 Å². The van der Waals surface area contributed by atoms with E-state index in [1.165, 1.54) is 51.4 Å². The largest absolute Gasteiger partial charge is 0.381 e. The Bertz CT molecular complexity index is 186. The van der Waals surface area contributed by atoms with Gasteiger partial charge < -0.3 is 4.74 Å². The van der Waals surface area contributed by atoms with Crippen molar-refractivity contribution in [1.82, 2.24) is 5.43 Å². The van der Waals surface area contributed by atoms with E-state index in [1.54, 1.807) is 0 Å². The van der Waals surface area contributed by atoms with Gasteiger partial charge in [0.25, 0.3) is 0 Å². The average molecular weight is 226 g/mol. The van der Waals surface area contributed by atoms with Gasteiger partial charge in [-0.3, -0.25) is 11.3 Å². The van der Waals surface area contributed by atoms with Crippen LogP contribution in [0.25, 0.3) is 0 Å². The van der Waals surface area contributed by atoms with Crippen molar-refractivity contribution in [3.05, 3.63) is 0 Å². The molecule has 0 amide bonds. The highest BCUT2D eigenvalue weighted by molar-refractivity contribution is 4.79. The summed E-state index contributed by atoms with van der Waals surface area (Å²) >= 11 is 0. The molecule has 1 saturated carbocycles. The molecule has 0 bridgehead atoms. The molecular formula is C13H26N2O. The SMILES string of the molecule is NNC(CCC1CCCC1)C1CCOCC1.